The summed E-state index contributed by atoms with van der Waals surface area (Å²) in [7, 11) is 0. The van der Waals surface area contributed by atoms with E-state index in [-0.39, 0.29) is 24.9 Å². The van der Waals surface area contributed by atoms with E-state index in [0.29, 0.717) is 25.7 Å². The van der Waals surface area contributed by atoms with Crippen molar-refractivity contribution in [1.29, 1.82) is 0 Å². The second-order valence-corrected chi connectivity index (χ2v) is 6.59. The van der Waals surface area contributed by atoms with Gasteiger partial charge in [0.25, 0.3) is 0 Å². The molecule has 0 N–H and O–H groups in total. The Balaban J connectivity index is 1.84. The third-order valence-electron chi connectivity index (χ3n) is 4.63. The van der Waals surface area contributed by atoms with Crippen LogP contribution in [0.4, 0.5) is 8.78 Å². The molecule has 0 spiro atoms. The molecule has 0 radical (unpaired) electrons. The fourth-order valence-corrected chi connectivity index (χ4v) is 4.81. The van der Waals surface area contributed by atoms with E-state index in [0.717, 1.165) is 6.42 Å². The first-order chi connectivity index (χ1) is 7.82. The van der Waals surface area contributed by atoms with Crippen molar-refractivity contribution in [2.45, 2.75) is 56.8 Å². The molecule has 4 saturated carbocycles. The molecule has 0 aromatic carbocycles. The summed E-state index contributed by atoms with van der Waals surface area (Å²) in [6.45, 7) is 1.53. The molecule has 0 heterocycles. The van der Waals surface area contributed by atoms with Crippen LogP contribution in [-0.4, -0.2) is 23.9 Å². The van der Waals surface area contributed by atoms with Crippen LogP contribution in [0.1, 0.15) is 45.4 Å². The third kappa shape index (κ3) is 1.85. The zero-order valence-corrected chi connectivity index (χ0v) is 10.1. The smallest absolute Gasteiger partial charge is 0.302 e. The van der Waals surface area contributed by atoms with E-state index in [1.54, 1.807) is 0 Å². The molecule has 0 amide bonds. The van der Waals surface area contributed by atoms with Crippen LogP contribution in [0.3, 0.4) is 0 Å². The topological polar surface area (TPSA) is 26.3 Å². The van der Waals surface area contributed by atoms with E-state index >= 15 is 0 Å². The average Bonchev–Trinajstić information content (AvgIpc) is 2.08. The molecular weight excluding hydrogens is 226 g/mol. The summed E-state index contributed by atoms with van der Waals surface area (Å²) in [6, 6.07) is 0. The van der Waals surface area contributed by atoms with Crippen molar-refractivity contribution in [3.8, 4) is 0 Å². The maximum Gasteiger partial charge on any atom is 0.302 e. The minimum Gasteiger partial charge on any atom is -0.465 e. The van der Waals surface area contributed by atoms with Crippen molar-refractivity contribution < 1.29 is 18.3 Å². The first kappa shape index (κ1) is 11.4. The maximum absolute atomic E-state index is 14.5. The molecule has 0 aliphatic heterocycles. The van der Waals surface area contributed by atoms with Crippen LogP contribution in [0.25, 0.3) is 0 Å². The zero-order chi connectivity index (χ0) is 12.3. The van der Waals surface area contributed by atoms with E-state index in [1.165, 1.54) is 6.92 Å². The molecule has 4 rings (SSSR count). The molecule has 4 atom stereocenters. The Bertz CT molecular complexity index is 350. The van der Waals surface area contributed by atoms with Crippen LogP contribution in [0.5, 0.6) is 0 Å². The van der Waals surface area contributed by atoms with Gasteiger partial charge in [0, 0.05) is 18.8 Å². The number of hydrogen-bond donors (Lipinski definition) is 0. The molecule has 0 aromatic rings. The zero-order valence-electron chi connectivity index (χ0n) is 10.1. The van der Waals surface area contributed by atoms with Gasteiger partial charge in [0.1, 0.15) is 11.3 Å². The lowest BCUT2D eigenvalue weighted by Crippen LogP contribution is -2.61. The van der Waals surface area contributed by atoms with Crippen LogP contribution in [0.15, 0.2) is 0 Å². The molecule has 0 aromatic heterocycles. The van der Waals surface area contributed by atoms with Gasteiger partial charge in [0.05, 0.1) is 6.61 Å². The van der Waals surface area contributed by atoms with Crippen LogP contribution >= 0.6 is 0 Å². The summed E-state index contributed by atoms with van der Waals surface area (Å²) >= 11 is 0. The van der Waals surface area contributed by atoms with Gasteiger partial charge in [-0.05, 0) is 38.0 Å². The molecule has 4 aliphatic rings. The van der Waals surface area contributed by atoms with Gasteiger partial charge in [-0.25, -0.2) is 8.78 Å². The summed E-state index contributed by atoms with van der Waals surface area (Å²) in [5, 5.41) is 0. The molecule has 0 saturated heterocycles. The summed E-state index contributed by atoms with van der Waals surface area (Å²) in [5.41, 5.74) is -3.14. The van der Waals surface area contributed by atoms with Crippen molar-refractivity contribution in [2.24, 2.45) is 11.3 Å². The minimum atomic E-state index is -1.35. The van der Waals surface area contributed by atoms with Gasteiger partial charge in [-0.3, -0.25) is 4.79 Å². The fraction of sp³-hybridized carbons (Fsp3) is 0.923. The number of rotatable bonds is 2. The maximum atomic E-state index is 14.5. The third-order valence-corrected chi connectivity index (χ3v) is 4.63. The first-order valence-corrected chi connectivity index (χ1v) is 6.34. The van der Waals surface area contributed by atoms with E-state index < -0.39 is 16.8 Å². The lowest BCUT2D eigenvalue weighted by molar-refractivity contribution is -0.194. The van der Waals surface area contributed by atoms with E-state index in [1.807, 2.05) is 0 Å². The van der Waals surface area contributed by atoms with Crippen LogP contribution in [-0.2, 0) is 9.53 Å². The minimum absolute atomic E-state index is 0.0539. The van der Waals surface area contributed by atoms with Gasteiger partial charge < -0.3 is 4.74 Å². The second kappa shape index (κ2) is 3.21. The van der Waals surface area contributed by atoms with E-state index in [4.69, 9.17) is 4.74 Å². The molecule has 4 heteroatoms. The molecule has 96 valence electrons. The lowest BCUT2D eigenvalue weighted by Gasteiger charge is -2.60. The highest BCUT2D eigenvalue weighted by atomic mass is 19.2. The molecule has 4 fully saturated rings. The largest absolute Gasteiger partial charge is 0.465 e. The number of esters is 1. The Morgan fingerprint density at radius 3 is 2.24 bits per heavy atom. The van der Waals surface area contributed by atoms with Gasteiger partial charge in [0.2, 0.25) is 0 Å². The van der Waals surface area contributed by atoms with Crippen molar-refractivity contribution in [1.82, 2.24) is 0 Å². The molecule has 2 unspecified atom stereocenters. The Kier molecular flexibility index (Phi) is 2.15. The number of halogens is 2. The number of carbonyl (C=O) groups is 1. The van der Waals surface area contributed by atoms with Crippen molar-refractivity contribution in [2.75, 3.05) is 6.61 Å². The normalized spacial score (nSPS) is 51.6. The Morgan fingerprint density at radius 2 is 1.76 bits per heavy atom. The van der Waals surface area contributed by atoms with Crippen molar-refractivity contribution >= 4 is 5.97 Å². The Morgan fingerprint density at radius 1 is 1.18 bits per heavy atom. The fourth-order valence-electron chi connectivity index (χ4n) is 4.81. The average molecular weight is 244 g/mol. The standard InChI is InChI=1S/C13H18F2O2/c1-9(16)17-8-11-2-10-3-12(14,5-11)7-13(15,4-10)6-11/h10H,2-8H2,1H3/t10?,11?,12-,13+. The molecule has 17 heavy (non-hydrogen) atoms. The quantitative estimate of drug-likeness (QED) is 0.698. The lowest BCUT2D eigenvalue weighted by atomic mass is 9.47. The molecule has 2 nitrogen and oxygen atoms in total. The highest BCUT2D eigenvalue weighted by Crippen LogP contribution is 2.65. The Labute approximate surface area is 99.7 Å². The summed E-state index contributed by atoms with van der Waals surface area (Å²) in [5.74, 6) is -0.224. The summed E-state index contributed by atoms with van der Waals surface area (Å²) in [4.78, 5) is 10.9. The van der Waals surface area contributed by atoms with E-state index in [9.17, 15) is 13.6 Å². The molecule has 4 bridgehead atoms. The number of alkyl halides is 2. The second-order valence-electron chi connectivity index (χ2n) is 6.59. The Hall–Kier alpha value is -0.670. The van der Waals surface area contributed by atoms with Crippen molar-refractivity contribution in [3.63, 3.8) is 0 Å². The highest BCUT2D eigenvalue weighted by molar-refractivity contribution is 5.65. The van der Waals surface area contributed by atoms with Crippen molar-refractivity contribution in [3.05, 3.63) is 0 Å². The molecular formula is C13H18F2O2. The van der Waals surface area contributed by atoms with Gasteiger partial charge in [-0.1, -0.05) is 0 Å². The van der Waals surface area contributed by atoms with Crippen LogP contribution < -0.4 is 0 Å². The summed E-state index contributed by atoms with van der Waals surface area (Å²) < 4.78 is 34.1. The number of ether oxygens (including phenoxy) is 1. The first-order valence-electron chi connectivity index (χ1n) is 6.34. The van der Waals surface area contributed by atoms with Crippen LogP contribution in [0, 0.1) is 11.3 Å². The predicted octanol–water partition coefficient (Wildman–Crippen LogP) is 2.95. The van der Waals surface area contributed by atoms with Gasteiger partial charge in [0.15, 0.2) is 0 Å². The predicted molar refractivity (Wildman–Crippen MR) is 57.9 cm³/mol. The van der Waals surface area contributed by atoms with Crippen LogP contribution in [0.2, 0.25) is 0 Å². The number of hydrogen-bond acceptors (Lipinski definition) is 2. The van der Waals surface area contributed by atoms with Gasteiger partial charge in [-0.2, -0.15) is 0 Å². The van der Waals surface area contributed by atoms with Gasteiger partial charge in [-0.15, -0.1) is 0 Å². The van der Waals surface area contributed by atoms with Gasteiger partial charge >= 0.3 is 5.97 Å². The summed E-state index contributed by atoms with van der Waals surface area (Å²) in [6.07, 6.45) is 2.61. The van der Waals surface area contributed by atoms with E-state index in [2.05, 4.69) is 0 Å². The monoisotopic (exact) mass is 244 g/mol. The highest BCUT2D eigenvalue weighted by Gasteiger charge is 2.64. The SMILES string of the molecule is CC(=O)OCC12CC3C[C@@](F)(C1)C[C@](F)(C3)C2. The molecule has 4 aliphatic carbocycles. The number of carbonyl (C=O) groups excluding carboxylic acids is 1.